The van der Waals surface area contributed by atoms with Crippen LogP contribution in [0.25, 0.3) is 16.0 Å². The SMILES string of the molecule is Cc1cccc2c(=O)n(CC(=O)Nc3cnn(-c4nccs4)c3)cnc12. The molecule has 0 fully saturated rings. The Hall–Kier alpha value is -3.33. The van der Waals surface area contributed by atoms with Gasteiger partial charge in [0.1, 0.15) is 6.54 Å². The molecule has 1 amide bonds. The molecule has 0 saturated carbocycles. The van der Waals surface area contributed by atoms with Crippen LogP contribution in [0.4, 0.5) is 5.69 Å². The van der Waals surface area contributed by atoms with Crippen molar-refractivity contribution in [3.63, 3.8) is 0 Å². The molecule has 4 aromatic rings. The van der Waals surface area contributed by atoms with E-state index < -0.39 is 0 Å². The number of benzene rings is 1. The Balaban J connectivity index is 1.53. The molecule has 0 aliphatic carbocycles. The maximum absolute atomic E-state index is 12.5. The molecule has 0 atom stereocenters. The lowest BCUT2D eigenvalue weighted by Gasteiger charge is -2.07. The zero-order valence-electron chi connectivity index (χ0n) is 13.8. The summed E-state index contributed by atoms with van der Waals surface area (Å²) >= 11 is 1.44. The van der Waals surface area contributed by atoms with Gasteiger partial charge < -0.3 is 5.32 Å². The van der Waals surface area contributed by atoms with E-state index in [2.05, 4.69) is 20.4 Å². The Kier molecular flexibility index (Phi) is 4.05. The van der Waals surface area contributed by atoms with Crippen LogP contribution in [-0.2, 0) is 11.3 Å². The van der Waals surface area contributed by atoms with Crippen LogP contribution in [0.5, 0.6) is 0 Å². The van der Waals surface area contributed by atoms with Crippen LogP contribution >= 0.6 is 11.3 Å². The number of hydrogen-bond acceptors (Lipinski definition) is 6. The topological polar surface area (TPSA) is 94.7 Å². The van der Waals surface area contributed by atoms with Crippen LogP contribution < -0.4 is 10.9 Å². The largest absolute Gasteiger partial charge is 0.322 e. The number of anilines is 1. The Morgan fingerprint density at radius 3 is 3.00 bits per heavy atom. The van der Waals surface area contributed by atoms with Crippen molar-refractivity contribution < 1.29 is 4.79 Å². The Morgan fingerprint density at radius 2 is 2.19 bits per heavy atom. The number of amides is 1. The average Bonchev–Trinajstić information content (AvgIpc) is 3.29. The van der Waals surface area contributed by atoms with Gasteiger partial charge in [0.2, 0.25) is 11.0 Å². The predicted octanol–water partition coefficient (Wildman–Crippen LogP) is 1.99. The van der Waals surface area contributed by atoms with E-state index in [1.165, 1.54) is 28.4 Å². The van der Waals surface area contributed by atoms with Crippen molar-refractivity contribution in [3.8, 4) is 5.13 Å². The fraction of sp³-hybridized carbons (Fsp3) is 0.118. The standard InChI is InChI=1S/C17H14N6O2S/c1-11-3-2-4-13-15(11)19-10-22(16(13)25)9-14(24)21-12-7-20-23(8-12)17-18-5-6-26-17/h2-8,10H,9H2,1H3,(H,21,24). The van der Waals surface area contributed by atoms with Gasteiger partial charge in [0, 0.05) is 11.6 Å². The molecule has 4 rings (SSSR count). The molecule has 0 spiro atoms. The van der Waals surface area contributed by atoms with E-state index in [1.54, 1.807) is 29.2 Å². The zero-order valence-corrected chi connectivity index (χ0v) is 14.6. The number of para-hydroxylation sites is 1. The van der Waals surface area contributed by atoms with Gasteiger partial charge in [0.05, 0.1) is 35.3 Å². The summed E-state index contributed by atoms with van der Waals surface area (Å²) in [6.07, 6.45) is 6.28. The first kappa shape index (κ1) is 16.2. The van der Waals surface area contributed by atoms with Gasteiger partial charge in [0.15, 0.2) is 0 Å². The first-order valence-corrected chi connectivity index (χ1v) is 8.69. The number of carbonyl (C=O) groups excluding carboxylic acids is 1. The molecular weight excluding hydrogens is 352 g/mol. The second-order valence-corrected chi connectivity index (χ2v) is 6.56. The van der Waals surface area contributed by atoms with Crippen molar-refractivity contribution in [2.45, 2.75) is 13.5 Å². The summed E-state index contributed by atoms with van der Waals surface area (Å²) in [6, 6.07) is 5.41. The van der Waals surface area contributed by atoms with Crippen LogP contribution in [-0.4, -0.2) is 30.2 Å². The van der Waals surface area contributed by atoms with Crippen molar-refractivity contribution in [1.29, 1.82) is 0 Å². The second kappa shape index (κ2) is 6.52. The lowest BCUT2D eigenvalue weighted by atomic mass is 10.1. The molecule has 0 aliphatic rings. The highest BCUT2D eigenvalue weighted by atomic mass is 32.1. The third-order valence-corrected chi connectivity index (χ3v) is 4.61. The molecule has 130 valence electrons. The lowest BCUT2D eigenvalue weighted by Crippen LogP contribution is -2.27. The summed E-state index contributed by atoms with van der Waals surface area (Å²) in [7, 11) is 0. The summed E-state index contributed by atoms with van der Waals surface area (Å²) in [5.41, 5.74) is 1.86. The summed E-state index contributed by atoms with van der Waals surface area (Å²) in [5.74, 6) is -0.334. The Labute approximate surface area is 151 Å². The number of nitrogens with zero attached hydrogens (tertiary/aromatic N) is 5. The minimum Gasteiger partial charge on any atom is -0.322 e. The van der Waals surface area contributed by atoms with Gasteiger partial charge in [-0.2, -0.15) is 5.10 Å². The number of aryl methyl sites for hydroxylation is 1. The first-order chi connectivity index (χ1) is 12.6. The van der Waals surface area contributed by atoms with Crippen LogP contribution in [0.3, 0.4) is 0 Å². The molecule has 0 aliphatic heterocycles. The minimum absolute atomic E-state index is 0.127. The minimum atomic E-state index is -0.334. The van der Waals surface area contributed by atoms with Crippen molar-refractivity contribution >= 4 is 33.8 Å². The van der Waals surface area contributed by atoms with Crippen LogP contribution in [0, 0.1) is 6.92 Å². The summed E-state index contributed by atoms with van der Waals surface area (Å²) < 4.78 is 2.87. The maximum Gasteiger partial charge on any atom is 0.261 e. The summed E-state index contributed by atoms with van der Waals surface area (Å²) in [4.78, 5) is 33.3. The van der Waals surface area contributed by atoms with Crippen molar-refractivity contribution in [3.05, 3.63) is 64.4 Å². The lowest BCUT2D eigenvalue weighted by molar-refractivity contribution is -0.116. The quantitative estimate of drug-likeness (QED) is 0.596. The number of fused-ring (bicyclic) bond motifs is 1. The fourth-order valence-corrected chi connectivity index (χ4v) is 3.20. The molecule has 9 heteroatoms. The number of nitrogens with one attached hydrogen (secondary N) is 1. The van der Waals surface area contributed by atoms with Gasteiger partial charge >= 0.3 is 0 Å². The normalized spacial score (nSPS) is 11.0. The maximum atomic E-state index is 12.5. The zero-order chi connectivity index (χ0) is 18.1. The van der Waals surface area contributed by atoms with E-state index in [0.717, 1.165) is 5.56 Å². The number of hydrogen-bond donors (Lipinski definition) is 1. The molecule has 0 unspecified atom stereocenters. The second-order valence-electron chi connectivity index (χ2n) is 5.69. The first-order valence-electron chi connectivity index (χ1n) is 7.81. The average molecular weight is 366 g/mol. The molecule has 26 heavy (non-hydrogen) atoms. The van der Waals surface area contributed by atoms with E-state index >= 15 is 0 Å². The highest BCUT2D eigenvalue weighted by Crippen LogP contribution is 2.14. The van der Waals surface area contributed by atoms with E-state index in [1.807, 2.05) is 18.4 Å². The van der Waals surface area contributed by atoms with Gasteiger partial charge in [-0.25, -0.2) is 14.6 Å². The van der Waals surface area contributed by atoms with E-state index in [0.29, 0.717) is 21.7 Å². The molecular formula is C17H14N6O2S. The number of thiazole rings is 1. The molecule has 3 aromatic heterocycles. The van der Waals surface area contributed by atoms with Gasteiger partial charge in [-0.1, -0.05) is 12.1 Å². The number of carbonyl (C=O) groups is 1. The Bertz CT molecular complexity index is 1150. The number of aromatic nitrogens is 5. The molecule has 1 N–H and O–H groups in total. The van der Waals surface area contributed by atoms with E-state index in [4.69, 9.17) is 0 Å². The van der Waals surface area contributed by atoms with Crippen molar-refractivity contribution in [2.75, 3.05) is 5.32 Å². The predicted molar refractivity (Wildman–Crippen MR) is 98.6 cm³/mol. The smallest absolute Gasteiger partial charge is 0.261 e. The van der Waals surface area contributed by atoms with E-state index in [-0.39, 0.29) is 18.0 Å². The molecule has 1 aromatic carbocycles. The van der Waals surface area contributed by atoms with Gasteiger partial charge in [-0.05, 0) is 18.6 Å². The van der Waals surface area contributed by atoms with Crippen LogP contribution in [0.15, 0.2) is 53.3 Å². The van der Waals surface area contributed by atoms with Gasteiger partial charge in [-0.15, -0.1) is 11.3 Å². The molecule has 0 bridgehead atoms. The molecule has 0 radical (unpaired) electrons. The van der Waals surface area contributed by atoms with E-state index in [9.17, 15) is 9.59 Å². The molecule has 8 nitrogen and oxygen atoms in total. The Morgan fingerprint density at radius 1 is 1.31 bits per heavy atom. The summed E-state index contributed by atoms with van der Waals surface area (Å²) in [5, 5.41) is 9.93. The van der Waals surface area contributed by atoms with Gasteiger partial charge in [0.25, 0.3) is 5.56 Å². The number of rotatable bonds is 4. The molecule has 0 saturated heterocycles. The molecule has 3 heterocycles. The third-order valence-electron chi connectivity index (χ3n) is 3.85. The van der Waals surface area contributed by atoms with Crippen molar-refractivity contribution in [1.82, 2.24) is 24.3 Å². The summed E-state index contributed by atoms with van der Waals surface area (Å²) in [6.45, 7) is 1.77. The third kappa shape index (κ3) is 3.00. The van der Waals surface area contributed by atoms with Gasteiger partial charge in [-0.3, -0.25) is 14.2 Å². The monoisotopic (exact) mass is 366 g/mol. The fourth-order valence-electron chi connectivity index (χ4n) is 2.63. The highest BCUT2D eigenvalue weighted by molar-refractivity contribution is 7.12. The highest BCUT2D eigenvalue weighted by Gasteiger charge is 2.11. The van der Waals surface area contributed by atoms with Crippen molar-refractivity contribution in [2.24, 2.45) is 0 Å². The van der Waals surface area contributed by atoms with Crippen LogP contribution in [0.2, 0.25) is 0 Å². The van der Waals surface area contributed by atoms with Crippen LogP contribution in [0.1, 0.15) is 5.56 Å².